The van der Waals surface area contributed by atoms with Crippen LogP contribution in [-0.4, -0.2) is 26.3 Å². The summed E-state index contributed by atoms with van der Waals surface area (Å²) in [6.07, 6.45) is 0.842. The average Bonchev–Trinajstić information content (AvgIpc) is 2.82. The Morgan fingerprint density at radius 3 is 2.55 bits per heavy atom. The van der Waals surface area contributed by atoms with Crippen molar-refractivity contribution in [2.75, 3.05) is 21.3 Å². The molecule has 0 radical (unpaired) electrons. The van der Waals surface area contributed by atoms with Crippen LogP contribution in [0.1, 0.15) is 21.1 Å². The van der Waals surface area contributed by atoms with Crippen LogP contribution in [0, 0.1) is 0 Å². The lowest BCUT2D eigenvalue weighted by molar-refractivity contribution is 0.181. The van der Waals surface area contributed by atoms with E-state index in [0.29, 0.717) is 6.61 Å². The zero-order chi connectivity index (χ0) is 14.4. The molecule has 20 heavy (non-hydrogen) atoms. The molecule has 108 valence electrons. The summed E-state index contributed by atoms with van der Waals surface area (Å²) < 4.78 is 10.4. The Kier molecular flexibility index (Phi) is 5.52. The molecule has 0 fully saturated rings. The molecule has 1 aromatic heterocycles. The number of thiazole rings is 1. The fourth-order valence-electron chi connectivity index (χ4n) is 1.98. The van der Waals surface area contributed by atoms with Gasteiger partial charge in [0.15, 0.2) is 0 Å². The van der Waals surface area contributed by atoms with Gasteiger partial charge in [-0.3, -0.25) is 0 Å². The minimum Gasteiger partial charge on any atom is -0.497 e. The van der Waals surface area contributed by atoms with Gasteiger partial charge in [-0.05, 0) is 24.7 Å². The van der Waals surface area contributed by atoms with Gasteiger partial charge in [0.05, 0.1) is 24.4 Å². The predicted molar refractivity (Wildman–Crippen MR) is 81.4 cm³/mol. The van der Waals surface area contributed by atoms with Crippen LogP contribution in [0.4, 0.5) is 0 Å². The number of nitrogens with one attached hydrogen (secondary N) is 1. The van der Waals surface area contributed by atoms with Crippen LogP contribution in [0.15, 0.2) is 24.3 Å². The Hall–Kier alpha value is -1.43. The van der Waals surface area contributed by atoms with E-state index >= 15 is 0 Å². The monoisotopic (exact) mass is 292 g/mol. The average molecular weight is 292 g/mol. The van der Waals surface area contributed by atoms with Crippen molar-refractivity contribution in [3.05, 3.63) is 45.4 Å². The van der Waals surface area contributed by atoms with Gasteiger partial charge >= 0.3 is 0 Å². The van der Waals surface area contributed by atoms with Crippen LogP contribution < -0.4 is 10.1 Å². The summed E-state index contributed by atoms with van der Waals surface area (Å²) in [6.45, 7) is 1.40. The van der Waals surface area contributed by atoms with Gasteiger partial charge in [0.25, 0.3) is 0 Å². The number of methoxy groups -OCH3 is 2. The van der Waals surface area contributed by atoms with E-state index in [9.17, 15) is 0 Å². The molecule has 0 atom stereocenters. The second-order valence-corrected chi connectivity index (χ2v) is 5.63. The van der Waals surface area contributed by atoms with Crippen molar-refractivity contribution in [1.29, 1.82) is 0 Å². The van der Waals surface area contributed by atoms with Crippen molar-refractivity contribution in [3.8, 4) is 5.75 Å². The Balaban J connectivity index is 2.13. The van der Waals surface area contributed by atoms with E-state index in [1.807, 2.05) is 19.2 Å². The van der Waals surface area contributed by atoms with Crippen LogP contribution in [0.3, 0.4) is 0 Å². The van der Waals surface area contributed by atoms with E-state index in [-0.39, 0.29) is 0 Å². The number of rotatable bonds is 7. The van der Waals surface area contributed by atoms with E-state index in [1.165, 1.54) is 10.4 Å². The third-order valence-corrected chi connectivity index (χ3v) is 4.05. The molecule has 0 saturated carbocycles. The second kappa shape index (κ2) is 7.38. The standard InChI is InChI=1S/C15H20N2O2S/c1-16-9-14-13(10-18-2)17-15(20-14)8-11-4-6-12(19-3)7-5-11/h4-7,16H,8-10H2,1-3H3. The lowest BCUT2D eigenvalue weighted by Gasteiger charge is -2.01. The van der Waals surface area contributed by atoms with Gasteiger partial charge in [-0.15, -0.1) is 11.3 Å². The van der Waals surface area contributed by atoms with E-state index in [4.69, 9.17) is 9.47 Å². The lowest BCUT2D eigenvalue weighted by atomic mass is 10.1. The maximum Gasteiger partial charge on any atom is 0.118 e. The van der Waals surface area contributed by atoms with Crippen molar-refractivity contribution in [1.82, 2.24) is 10.3 Å². The molecule has 5 heteroatoms. The predicted octanol–water partition coefficient (Wildman–Crippen LogP) is 2.61. The molecule has 2 aromatic rings. The minimum atomic E-state index is 0.566. The molecule has 0 aliphatic rings. The Morgan fingerprint density at radius 2 is 1.95 bits per heavy atom. The fourth-order valence-corrected chi connectivity index (χ4v) is 3.10. The highest BCUT2D eigenvalue weighted by molar-refractivity contribution is 7.11. The summed E-state index contributed by atoms with van der Waals surface area (Å²) in [6, 6.07) is 8.11. The Morgan fingerprint density at radius 1 is 1.20 bits per heavy atom. The molecule has 0 aliphatic heterocycles. The molecular weight excluding hydrogens is 272 g/mol. The van der Waals surface area contributed by atoms with E-state index in [0.717, 1.165) is 29.4 Å². The third kappa shape index (κ3) is 3.79. The first-order chi connectivity index (χ1) is 9.76. The fraction of sp³-hybridized carbons (Fsp3) is 0.400. The highest BCUT2D eigenvalue weighted by atomic mass is 32.1. The van der Waals surface area contributed by atoms with E-state index in [1.54, 1.807) is 25.6 Å². The Bertz CT molecular complexity index is 514. The normalized spacial score (nSPS) is 10.8. The van der Waals surface area contributed by atoms with Gasteiger partial charge < -0.3 is 14.8 Å². The highest BCUT2D eigenvalue weighted by Crippen LogP contribution is 2.23. The molecule has 0 unspecified atom stereocenters. The van der Waals surface area contributed by atoms with Gasteiger partial charge in [-0.2, -0.15) is 0 Å². The maximum absolute atomic E-state index is 5.21. The second-order valence-electron chi connectivity index (χ2n) is 4.47. The summed E-state index contributed by atoms with van der Waals surface area (Å²) in [5, 5.41) is 4.29. The van der Waals surface area contributed by atoms with Crippen molar-refractivity contribution >= 4 is 11.3 Å². The molecular formula is C15H20N2O2S. The quantitative estimate of drug-likeness (QED) is 0.852. The maximum atomic E-state index is 5.21. The molecule has 0 saturated heterocycles. The van der Waals surface area contributed by atoms with E-state index in [2.05, 4.69) is 22.4 Å². The first kappa shape index (κ1) is 15.0. The van der Waals surface area contributed by atoms with Gasteiger partial charge in [0.1, 0.15) is 5.75 Å². The topological polar surface area (TPSA) is 43.4 Å². The number of aromatic nitrogens is 1. The number of nitrogens with zero attached hydrogens (tertiary/aromatic N) is 1. The molecule has 0 spiro atoms. The molecule has 2 rings (SSSR count). The molecule has 4 nitrogen and oxygen atoms in total. The van der Waals surface area contributed by atoms with Gasteiger partial charge in [0.2, 0.25) is 0 Å². The smallest absolute Gasteiger partial charge is 0.118 e. The molecule has 1 heterocycles. The van der Waals surface area contributed by atoms with Crippen molar-refractivity contribution in [3.63, 3.8) is 0 Å². The van der Waals surface area contributed by atoms with Crippen LogP contribution in [0.5, 0.6) is 5.75 Å². The van der Waals surface area contributed by atoms with Gasteiger partial charge in [-0.25, -0.2) is 4.98 Å². The van der Waals surface area contributed by atoms with Crippen LogP contribution >= 0.6 is 11.3 Å². The summed E-state index contributed by atoms with van der Waals surface area (Å²) in [5.74, 6) is 0.879. The largest absolute Gasteiger partial charge is 0.497 e. The number of hydrogen-bond donors (Lipinski definition) is 1. The number of hydrogen-bond acceptors (Lipinski definition) is 5. The van der Waals surface area contributed by atoms with Crippen molar-refractivity contribution in [2.24, 2.45) is 0 Å². The zero-order valence-electron chi connectivity index (χ0n) is 12.1. The first-order valence-electron chi connectivity index (χ1n) is 6.50. The van der Waals surface area contributed by atoms with Gasteiger partial charge in [-0.1, -0.05) is 12.1 Å². The van der Waals surface area contributed by atoms with Crippen molar-refractivity contribution in [2.45, 2.75) is 19.6 Å². The van der Waals surface area contributed by atoms with Gasteiger partial charge in [0, 0.05) is 25.0 Å². The molecule has 0 bridgehead atoms. The Labute approximate surface area is 123 Å². The molecule has 0 amide bonds. The molecule has 1 N–H and O–H groups in total. The summed E-state index contributed by atoms with van der Waals surface area (Å²) in [7, 11) is 5.32. The molecule has 0 aliphatic carbocycles. The lowest BCUT2D eigenvalue weighted by Crippen LogP contribution is -2.06. The highest BCUT2D eigenvalue weighted by Gasteiger charge is 2.11. The first-order valence-corrected chi connectivity index (χ1v) is 7.32. The van der Waals surface area contributed by atoms with Crippen LogP contribution in [0.2, 0.25) is 0 Å². The zero-order valence-corrected chi connectivity index (χ0v) is 12.9. The van der Waals surface area contributed by atoms with Crippen LogP contribution in [-0.2, 0) is 24.3 Å². The molecule has 1 aromatic carbocycles. The third-order valence-electron chi connectivity index (χ3n) is 2.96. The summed E-state index contributed by atoms with van der Waals surface area (Å²) in [5.41, 5.74) is 2.27. The number of ether oxygens (including phenoxy) is 2. The summed E-state index contributed by atoms with van der Waals surface area (Å²) in [4.78, 5) is 5.93. The van der Waals surface area contributed by atoms with Crippen molar-refractivity contribution < 1.29 is 9.47 Å². The summed E-state index contributed by atoms with van der Waals surface area (Å²) >= 11 is 1.74. The number of benzene rings is 1. The van der Waals surface area contributed by atoms with E-state index < -0.39 is 0 Å². The SMILES string of the molecule is CNCc1sc(Cc2ccc(OC)cc2)nc1COC. The minimum absolute atomic E-state index is 0.566. The van der Waals surface area contributed by atoms with Crippen LogP contribution in [0.25, 0.3) is 0 Å².